The third kappa shape index (κ3) is 5.48. The van der Waals surface area contributed by atoms with Crippen LogP contribution in [0, 0.1) is 17.8 Å². The number of carbonyl (C=O) groups excluding carboxylic acids is 1. The first-order valence-electron chi connectivity index (χ1n) is 12.0. The molecule has 5 unspecified atom stereocenters. The molecule has 0 saturated heterocycles. The van der Waals surface area contributed by atoms with Gasteiger partial charge in [-0.2, -0.15) is 0 Å². The zero-order chi connectivity index (χ0) is 23.8. The molecule has 2 bridgehead atoms. The van der Waals surface area contributed by atoms with Gasteiger partial charge in [-0.3, -0.25) is 4.79 Å². The number of ether oxygens (including phenoxy) is 1. The van der Waals surface area contributed by atoms with Gasteiger partial charge in [-0.1, -0.05) is 51.1 Å². The van der Waals surface area contributed by atoms with E-state index in [9.17, 15) is 4.79 Å². The highest BCUT2D eigenvalue weighted by Crippen LogP contribution is 2.49. The Morgan fingerprint density at radius 1 is 1.21 bits per heavy atom. The van der Waals surface area contributed by atoms with E-state index in [4.69, 9.17) is 10.6 Å². The maximum absolute atomic E-state index is 12.8. The van der Waals surface area contributed by atoms with Crippen LogP contribution in [0.5, 0.6) is 5.75 Å². The van der Waals surface area contributed by atoms with Gasteiger partial charge in [0.15, 0.2) is 5.82 Å². The molecule has 2 aromatic rings. The van der Waals surface area contributed by atoms with Crippen molar-refractivity contribution in [3.63, 3.8) is 0 Å². The van der Waals surface area contributed by atoms with Crippen molar-refractivity contribution in [2.45, 2.75) is 88.8 Å². The number of fused-ring (bicyclic) bond motifs is 2. The van der Waals surface area contributed by atoms with E-state index in [0.717, 1.165) is 17.6 Å². The number of hydrogen-bond donors (Lipinski definition) is 2. The highest BCUT2D eigenvalue weighted by molar-refractivity contribution is 8.00. The first-order chi connectivity index (χ1) is 15.6. The third-order valence-corrected chi connectivity index (χ3v) is 8.34. The Morgan fingerprint density at radius 3 is 2.55 bits per heavy atom. The zero-order valence-corrected chi connectivity index (χ0v) is 21.2. The van der Waals surface area contributed by atoms with E-state index in [1.807, 2.05) is 19.1 Å². The monoisotopic (exact) mass is 471 g/mol. The van der Waals surface area contributed by atoms with Gasteiger partial charge in [0.05, 0.1) is 5.25 Å². The molecule has 3 N–H and O–H groups in total. The van der Waals surface area contributed by atoms with Gasteiger partial charge < -0.3 is 15.9 Å². The van der Waals surface area contributed by atoms with Crippen LogP contribution in [0.4, 0.5) is 0 Å². The van der Waals surface area contributed by atoms with Crippen LogP contribution in [0.3, 0.4) is 0 Å². The lowest BCUT2D eigenvalue weighted by Crippen LogP contribution is -2.43. The van der Waals surface area contributed by atoms with Gasteiger partial charge in [0.25, 0.3) is 0 Å². The van der Waals surface area contributed by atoms with Crippen LogP contribution < -0.4 is 15.9 Å². The minimum atomic E-state index is -0.309. The van der Waals surface area contributed by atoms with Gasteiger partial charge in [-0.15, -0.1) is 10.2 Å². The topological polar surface area (TPSA) is 95.1 Å². The summed E-state index contributed by atoms with van der Waals surface area (Å²) in [6, 6.07) is 8.26. The molecule has 33 heavy (non-hydrogen) atoms. The normalized spacial score (nSPS) is 24.0. The minimum absolute atomic E-state index is 0.0232. The maximum Gasteiger partial charge on any atom is 0.233 e. The van der Waals surface area contributed by atoms with Crippen molar-refractivity contribution in [2.75, 3.05) is 5.84 Å². The van der Waals surface area contributed by atoms with Crippen molar-refractivity contribution < 1.29 is 9.53 Å². The van der Waals surface area contributed by atoms with E-state index >= 15 is 0 Å². The molecule has 2 saturated carbocycles. The maximum atomic E-state index is 12.8. The zero-order valence-electron chi connectivity index (χ0n) is 20.4. The fraction of sp³-hybridized carbons (Fsp3) is 0.640. The Bertz CT molecular complexity index is 968. The molecule has 1 aromatic carbocycles. The predicted molar refractivity (Wildman–Crippen MR) is 132 cm³/mol. The van der Waals surface area contributed by atoms with E-state index in [2.05, 4.69) is 55.3 Å². The largest absolute Gasteiger partial charge is 0.486 e. The van der Waals surface area contributed by atoms with Crippen LogP contribution in [-0.2, 0) is 16.8 Å². The Labute approximate surface area is 201 Å². The summed E-state index contributed by atoms with van der Waals surface area (Å²) in [4.78, 5) is 12.8. The van der Waals surface area contributed by atoms with Gasteiger partial charge in [-0.25, -0.2) is 4.68 Å². The summed E-state index contributed by atoms with van der Waals surface area (Å²) in [6.45, 7) is 10.8. The van der Waals surface area contributed by atoms with Crippen molar-refractivity contribution in [3.05, 3.63) is 35.7 Å². The average molecular weight is 472 g/mol. The van der Waals surface area contributed by atoms with Crippen LogP contribution in [-0.4, -0.2) is 32.1 Å². The van der Waals surface area contributed by atoms with Crippen molar-refractivity contribution >= 4 is 17.7 Å². The molecule has 5 atom stereocenters. The molecule has 7 nitrogen and oxygen atoms in total. The van der Waals surface area contributed by atoms with Crippen molar-refractivity contribution in [1.82, 2.24) is 20.2 Å². The van der Waals surface area contributed by atoms with Gasteiger partial charge in [0.1, 0.15) is 12.4 Å². The smallest absolute Gasteiger partial charge is 0.233 e. The summed E-state index contributed by atoms with van der Waals surface area (Å²) in [5.74, 6) is 9.76. The predicted octanol–water partition coefficient (Wildman–Crippen LogP) is 4.29. The number of benzene rings is 1. The van der Waals surface area contributed by atoms with Crippen molar-refractivity contribution in [1.29, 1.82) is 0 Å². The standard InChI is InChI=1S/C25H37N5O2S/c1-15(21-13-17-6-7-18(21)12-17)27-23(31)16(2)33-24-29-28-22(30(24)26)14-32-20-10-8-19(9-11-20)25(3,4)5/h8-11,15-18,21H,6-7,12-14,26H2,1-5H3,(H,27,31). The summed E-state index contributed by atoms with van der Waals surface area (Å²) in [5, 5.41) is 11.8. The molecule has 0 spiro atoms. The summed E-state index contributed by atoms with van der Waals surface area (Å²) < 4.78 is 7.26. The fourth-order valence-corrected chi connectivity index (χ4v) is 6.05. The number of carbonyl (C=O) groups is 1. The minimum Gasteiger partial charge on any atom is -0.486 e. The number of rotatable bonds is 8. The molecule has 2 fully saturated rings. The molecule has 180 valence electrons. The van der Waals surface area contributed by atoms with E-state index in [1.165, 1.54) is 47.7 Å². The number of hydrogen-bond acceptors (Lipinski definition) is 6. The van der Waals surface area contributed by atoms with Crippen LogP contribution in [0.15, 0.2) is 29.4 Å². The number of nitrogens with zero attached hydrogens (tertiary/aromatic N) is 3. The Kier molecular flexibility index (Phi) is 6.93. The van der Waals surface area contributed by atoms with Crippen molar-refractivity contribution in [3.8, 4) is 5.75 Å². The molecule has 8 heteroatoms. The Morgan fingerprint density at radius 2 is 1.94 bits per heavy atom. The molecular formula is C25H37N5O2S. The molecular weight excluding hydrogens is 434 g/mol. The quantitative estimate of drug-likeness (QED) is 0.440. The van der Waals surface area contributed by atoms with Crippen LogP contribution in [0.1, 0.15) is 71.7 Å². The molecule has 0 radical (unpaired) electrons. The fourth-order valence-electron chi connectivity index (χ4n) is 5.25. The van der Waals surface area contributed by atoms with Crippen LogP contribution in [0.25, 0.3) is 0 Å². The molecule has 1 amide bonds. The summed E-state index contributed by atoms with van der Waals surface area (Å²) in [5.41, 5.74) is 1.34. The first kappa shape index (κ1) is 23.9. The first-order valence-corrected chi connectivity index (χ1v) is 12.9. The Balaban J connectivity index is 1.28. The molecule has 2 aliphatic rings. The lowest BCUT2D eigenvalue weighted by molar-refractivity contribution is -0.121. The number of aromatic nitrogens is 3. The van der Waals surface area contributed by atoms with E-state index in [0.29, 0.717) is 16.9 Å². The third-order valence-electron chi connectivity index (χ3n) is 7.28. The number of amides is 1. The number of nitrogens with two attached hydrogens (primary N) is 1. The second kappa shape index (κ2) is 9.57. The second-order valence-electron chi connectivity index (χ2n) is 10.7. The number of nitrogens with one attached hydrogen (secondary N) is 1. The highest BCUT2D eigenvalue weighted by Gasteiger charge is 2.42. The van der Waals surface area contributed by atoms with Gasteiger partial charge >= 0.3 is 0 Å². The van der Waals surface area contributed by atoms with Gasteiger partial charge in [0, 0.05) is 6.04 Å². The lowest BCUT2D eigenvalue weighted by Gasteiger charge is -2.29. The van der Waals surface area contributed by atoms with Gasteiger partial charge in [-0.05, 0) is 74.0 Å². The SMILES string of the molecule is CC(Sc1nnc(COc2ccc(C(C)(C)C)cc2)n1N)C(=O)NC(C)C1CC2CCC1C2. The highest BCUT2D eigenvalue weighted by atomic mass is 32.2. The van der Waals surface area contributed by atoms with E-state index in [-0.39, 0.29) is 29.2 Å². The average Bonchev–Trinajstić information content (AvgIpc) is 3.49. The van der Waals surface area contributed by atoms with E-state index < -0.39 is 0 Å². The Hall–Kier alpha value is -2.22. The number of nitrogen functional groups attached to an aromatic ring is 1. The van der Waals surface area contributed by atoms with Crippen LogP contribution >= 0.6 is 11.8 Å². The summed E-state index contributed by atoms with van der Waals surface area (Å²) in [6.07, 6.45) is 5.29. The second-order valence-corrected chi connectivity index (χ2v) is 12.0. The lowest BCUT2D eigenvalue weighted by atomic mass is 9.84. The number of thioether (sulfide) groups is 1. The summed E-state index contributed by atoms with van der Waals surface area (Å²) in [7, 11) is 0. The summed E-state index contributed by atoms with van der Waals surface area (Å²) >= 11 is 1.32. The van der Waals surface area contributed by atoms with Gasteiger partial charge in [0.2, 0.25) is 11.1 Å². The molecule has 1 aromatic heterocycles. The molecule has 4 rings (SSSR count). The van der Waals surface area contributed by atoms with E-state index in [1.54, 1.807) is 0 Å². The molecule has 0 aliphatic heterocycles. The van der Waals surface area contributed by atoms with Crippen molar-refractivity contribution in [2.24, 2.45) is 17.8 Å². The molecule has 2 aliphatic carbocycles. The molecule has 1 heterocycles. The van der Waals surface area contributed by atoms with Crippen LogP contribution in [0.2, 0.25) is 0 Å².